The van der Waals surface area contributed by atoms with Gasteiger partial charge in [0.25, 0.3) is 0 Å². The Balaban J connectivity index is 2.75. The Labute approximate surface area is 59.4 Å². The Kier molecular flexibility index (Phi) is 5.18. The van der Waals surface area contributed by atoms with Crippen molar-refractivity contribution < 1.29 is 5.11 Å². The first kappa shape index (κ1) is 7.17. The maximum atomic E-state index is 8.30. The molecule has 0 amide bonds. The summed E-state index contributed by atoms with van der Waals surface area (Å²) in [6.07, 6.45) is 0. The molecule has 1 atom stereocenters. The molecule has 0 saturated heterocycles. The van der Waals surface area contributed by atoms with Gasteiger partial charge in [-0.1, -0.05) is 38.5 Å². The molecule has 0 spiro atoms. The van der Waals surface area contributed by atoms with Crippen LogP contribution in [0.5, 0.6) is 0 Å². The number of aliphatic hydroxyl groups excluding tert-OH is 1. The van der Waals surface area contributed by atoms with Crippen LogP contribution in [-0.2, 0) is 0 Å². The van der Waals surface area contributed by atoms with Crippen LogP contribution in [0.15, 0.2) is 0 Å². The molecule has 1 unspecified atom stereocenters. The predicted molar refractivity (Wildman–Crippen MR) is 38.7 cm³/mol. The van der Waals surface area contributed by atoms with Crippen molar-refractivity contribution in [3.63, 3.8) is 0 Å². The first-order valence-electron chi connectivity index (χ1n) is 1.62. The van der Waals surface area contributed by atoms with Gasteiger partial charge in [-0.3, -0.25) is 0 Å². The summed E-state index contributed by atoms with van der Waals surface area (Å²) >= 11 is 5.38. The average molecular weight is 265 g/mol. The van der Waals surface area contributed by atoms with Crippen LogP contribution in [0.1, 0.15) is 0 Å². The van der Waals surface area contributed by atoms with Gasteiger partial charge in [-0.05, 0) is 0 Å². The molecule has 3 heteroatoms. The second-order valence-corrected chi connectivity index (χ2v) is 3.34. The van der Waals surface area contributed by atoms with Crippen molar-refractivity contribution in [2.24, 2.45) is 0 Å². The van der Waals surface area contributed by atoms with Crippen molar-refractivity contribution in [2.75, 3.05) is 11.9 Å². The van der Waals surface area contributed by atoms with E-state index in [2.05, 4.69) is 38.5 Å². The van der Waals surface area contributed by atoms with Crippen LogP contribution in [-0.4, -0.2) is 21.0 Å². The molecule has 1 nitrogen and oxygen atoms in total. The monoisotopic (exact) mass is 264 g/mol. The third-order valence-electron chi connectivity index (χ3n) is 0.366. The van der Waals surface area contributed by atoms with E-state index >= 15 is 0 Å². The van der Waals surface area contributed by atoms with Crippen LogP contribution in [0.25, 0.3) is 0 Å². The summed E-state index contributed by atoms with van der Waals surface area (Å²) in [7, 11) is 0. The molecule has 0 bridgehead atoms. The van der Waals surface area contributed by atoms with Crippen molar-refractivity contribution in [3.8, 4) is 0 Å². The predicted octanol–water partition coefficient (Wildman–Crippen LogP) is 1.18. The van der Waals surface area contributed by atoms with Gasteiger partial charge in [0, 0.05) is 9.25 Å². The Hall–Kier alpha value is 1.17. The maximum absolute atomic E-state index is 8.30. The number of alkyl halides is 2. The molecule has 0 aromatic rings. The number of halogens is 2. The summed E-state index contributed by atoms with van der Waals surface area (Å²) in [5.41, 5.74) is 0. The van der Waals surface area contributed by atoms with Crippen LogP contribution in [0.2, 0.25) is 0 Å². The van der Waals surface area contributed by atoms with Crippen molar-refractivity contribution in [2.45, 2.75) is 3.92 Å². The Morgan fingerprint density at radius 3 is 2.33 bits per heavy atom. The summed E-state index contributed by atoms with van der Waals surface area (Å²) < 4.78 is 0.377. The number of hydrogen-bond donors (Lipinski definition) is 1. The molecule has 0 aromatic carbocycles. The molecule has 1 N–H and O–H groups in total. The van der Waals surface area contributed by atoms with Crippen molar-refractivity contribution >= 4 is 38.5 Å². The lowest BCUT2D eigenvalue weighted by Crippen LogP contribution is -2.03. The lowest BCUT2D eigenvalue weighted by molar-refractivity contribution is 0.305. The minimum atomic E-state index is 0.270. The lowest BCUT2D eigenvalue weighted by Gasteiger charge is -1.94. The molecule has 0 aromatic heterocycles. The summed E-state index contributed by atoms with van der Waals surface area (Å²) in [6.45, 7) is 0.270. The summed E-state index contributed by atoms with van der Waals surface area (Å²) in [5.74, 6) is 0. The van der Waals surface area contributed by atoms with E-state index in [9.17, 15) is 0 Å². The van der Waals surface area contributed by atoms with E-state index in [4.69, 9.17) is 5.11 Å². The molecule has 0 fully saturated rings. The molecule has 6 heavy (non-hydrogen) atoms. The number of hydrogen-bond acceptors (Lipinski definition) is 1. The fourth-order valence-corrected chi connectivity index (χ4v) is 0.254. The van der Waals surface area contributed by atoms with Gasteiger partial charge < -0.3 is 5.11 Å². The van der Waals surface area contributed by atoms with Gasteiger partial charge in [0.15, 0.2) is 0 Å². The standard InChI is InChI=1S/C3H6BrIO/c4-1-3(5)2-6/h3,6H,1-2H2. The van der Waals surface area contributed by atoms with Gasteiger partial charge in [0.05, 0.1) is 6.61 Å². The highest BCUT2D eigenvalue weighted by Crippen LogP contribution is 2.00. The zero-order chi connectivity index (χ0) is 4.99. The SMILES string of the molecule is OCC(I)CBr. The van der Waals surface area contributed by atoms with Crippen molar-refractivity contribution in [3.05, 3.63) is 0 Å². The van der Waals surface area contributed by atoms with Crippen LogP contribution >= 0.6 is 38.5 Å². The highest BCUT2D eigenvalue weighted by atomic mass is 127. The van der Waals surface area contributed by atoms with Crippen LogP contribution in [0.4, 0.5) is 0 Å². The minimum Gasteiger partial charge on any atom is -0.395 e. The summed E-state index contributed by atoms with van der Waals surface area (Å²) in [4.78, 5) is 0. The van der Waals surface area contributed by atoms with Gasteiger partial charge in [-0.2, -0.15) is 0 Å². The van der Waals surface area contributed by atoms with Gasteiger partial charge in [0.2, 0.25) is 0 Å². The fourth-order valence-electron chi connectivity index (χ4n) is 0.0488. The highest BCUT2D eigenvalue weighted by molar-refractivity contribution is 14.1. The summed E-state index contributed by atoms with van der Waals surface area (Å²) in [6, 6.07) is 0. The molecule has 0 rings (SSSR count). The van der Waals surface area contributed by atoms with E-state index < -0.39 is 0 Å². The molecule has 0 aliphatic heterocycles. The van der Waals surface area contributed by atoms with Gasteiger partial charge in [-0.15, -0.1) is 0 Å². The van der Waals surface area contributed by atoms with Crippen molar-refractivity contribution in [1.29, 1.82) is 0 Å². The molecule has 38 valence electrons. The fraction of sp³-hybridized carbons (Fsp3) is 1.00. The van der Waals surface area contributed by atoms with E-state index in [0.29, 0.717) is 3.92 Å². The number of rotatable bonds is 2. The summed E-state index contributed by atoms with van der Waals surface area (Å²) in [5, 5.41) is 9.18. The van der Waals surface area contributed by atoms with Gasteiger partial charge in [0.1, 0.15) is 0 Å². The van der Waals surface area contributed by atoms with E-state index in [0.717, 1.165) is 5.33 Å². The Morgan fingerprint density at radius 1 is 1.83 bits per heavy atom. The van der Waals surface area contributed by atoms with E-state index in [-0.39, 0.29) is 6.61 Å². The van der Waals surface area contributed by atoms with Gasteiger partial charge >= 0.3 is 0 Å². The highest BCUT2D eigenvalue weighted by Gasteiger charge is 1.94. The lowest BCUT2D eigenvalue weighted by atomic mass is 10.5. The zero-order valence-corrected chi connectivity index (χ0v) is 6.94. The van der Waals surface area contributed by atoms with E-state index in [1.165, 1.54) is 0 Å². The first-order chi connectivity index (χ1) is 2.81. The van der Waals surface area contributed by atoms with Crippen LogP contribution < -0.4 is 0 Å². The third kappa shape index (κ3) is 3.36. The zero-order valence-electron chi connectivity index (χ0n) is 3.19. The normalized spacial score (nSPS) is 14.5. The molecule has 0 radical (unpaired) electrons. The molecule has 0 aliphatic carbocycles. The van der Waals surface area contributed by atoms with Crippen LogP contribution in [0.3, 0.4) is 0 Å². The molecular formula is C3H6BrIO. The van der Waals surface area contributed by atoms with E-state index in [1.54, 1.807) is 0 Å². The number of aliphatic hydroxyl groups is 1. The third-order valence-corrected chi connectivity index (χ3v) is 3.19. The maximum Gasteiger partial charge on any atom is 0.0557 e. The van der Waals surface area contributed by atoms with Crippen molar-refractivity contribution in [1.82, 2.24) is 0 Å². The van der Waals surface area contributed by atoms with Gasteiger partial charge in [-0.25, -0.2) is 0 Å². The topological polar surface area (TPSA) is 20.2 Å². The minimum absolute atomic E-state index is 0.270. The quantitative estimate of drug-likeness (QED) is 0.587. The second kappa shape index (κ2) is 4.33. The van der Waals surface area contributed by atoms with Crippen LogP contribution in [0, 0.1) is 0 Å². The second-order valence-electron chi connectivity index (χ2n) is 0.934. The molecule has 0 saturated carbocycles. The molecule has 0 heterocycles. The largest absolute Gasteiger partial charge is 0.395 e. The average Bonchev–Trinajstić information content (AvgIpc) is 1.65. The Bertz CT molecular complexity index is 30.0. The van der Waals surface area contributed by atoms with E-state index in [1.807, 2.05) is 0 Å². The first-order valence-corrected chi connectivity index (χ1v) is 3.99. The smallest absolute Gasteiger partial charge is 0.0557 e. The molecule has 0 aliphatic rings. The Morgan fingerprint density at radius 2 is 2.33 bits per heavy atom. The molecular weight excluding hydrogens is 259 g/mol.